The maximum absolute atomic E-state index is 2.47. The van der Waals surface area contributed by atoms with Gasteiger partial charge in [0.05, 0.1) is 5.69 Å². The van der Waals surface area contributed by atoms with Gasteiger partial charge < -0.3 is 19.3 Å². The number of rotatable bonds is 15. The summed E-state index contributed by atoms with van der Waals surface area (Å²) in [6.45, 7) is 0. The molecule has 0 radical (unpaired) electrons. The Labute approximate surface area is 471 Å². The van der Waals surface area contributed by atoms with Crippen molar-refractivity contribution in [2.45, 2.75) is 32.1 Å². The molecule has 0 saturated heterocycles. The third-order valence-corrected chi connectivity index (χ3v) is 15.7. The van der Waals surface area contributed by atoms with E-state index in [0.717, 1.165) is 83.3 Å². The number of aromatic nitrogens is 1. The van der Waals surface area contributed by atoms with E-state index < -0.39 is 0 Å². The van der Waals surface area contributed by atoms with Crippen LogP contribution in [0.2, 0.25) is 0 Å². The van der Waals surface area contributed by atoms with E-state index in [1.807, 2.05) is 0 Å². The molecule has 1 aromatic heterocycles. The van der Waals surface area contributed by atoms with Gasteiger partial charge in [0.25, 0.3) is 0 Å². The molecule has 13 rings (SSSR count). The molecule has 0 bridgehead atoms. The lowest BCUT2D eigenvalue weighted by atomic mass is 9.77. The van der Waals surface area contributed by atoms with Crippen molar-refractivity contribution in [1.82, 2.24) is 4.57 Å². The summed E-state index contributed by atoms with van der Waals surface area (Å²) >= 11 is 0. The summed E-state index contributed by atoms with van der Waals surface area (Å²) in [6.07, 6.45) is 23.7. The van der Waals surface area contributed by atoms with Crippen molar-refractivity contribution in [2.24, 2.45) is 5.92 Å². The van der Waals surface area contributed by atoms with Gasteiger partial charge in [0, 0.05) is 68.5 Å². The highest BCUT2D eigenvalue weighted by atomic mass is 15.2. The largest absolute Gasteiger partial charge is 0.313 e. The lowest BCUT2D eigenvalue weighted by Crippen LogP contribution is -2.19. The zero-order valence-corrected chi connectivity index (χ0v) is 44.8. The molecule has 10 aromatic rings. The molecule has 0 fully saturated rings. The zero-order chi connectivity index (χ0) is 53.5. The Morgan fingerprint density at radius 2 is 0.863 bits per heavy atom. The highest BCUT2D eigenvalue weighted by Gasteiger charge is 2.27. The van der Waals surface area contributed by atoms with Crippen LogP contribution >= 0.6 is 0 Å². The summed E-state index contributed by atoms with van der Waals surface area (Å²) in [5, 5.41) is 0. The average Bonchev–Trinajstić information content (AvgIpc) is 3.94. The first kappa shape index (κ1) is 49.7. The third-order valence-electron chi connectivity index (χ3n) is 15.7. The maximum atomic E-state index is 2.47. The molecule has 4 nitrogen and oxygen atoms in total. The Kier molecular flexibility index (Phi) is 14.3. The molecule has 386 valence electrons. The van der Waals surface area contributed by atoms with Crippen LogP contribution in [0, 0.1) is 5.92 Å². The summed E-state index contributed by atoms with van der Waals surface area (Å²) in [7, 11) is 0. The monoisotopic (exact) mass is 1030 g/mol. The maximum Gasteiger partial charge on any atom is 0.0537 e. The normalized spacial score (nSPS) is 14.8. The van der Waals surface area contributed by atoms with Crippen molar-refractivity contribution in [3.05, 3.63) is 343 Å². The fraction of sp³-hybridized carbons (Fsp3) is 0.0789. The van der Waals surface area contributed by atoms with E-state index in [4.69, 9.17) is 0 Å². The smallest absolute Gasteiger partial charge is 0.0537 e. The topological polar surface area (TPSA) is 14.7 Å². The van der Waals surface area contributed by atoms with Crippen molar-refractivity contribution in [1.29, 1.82) is 0 Å². The number of nitrogens with zero attached hydrogens (tertiary/aromatic N) is 4. The molecule has 4 heteroatoms. The van der Waals surface area contributed by atoms with Crippen LogP contribution in [-0.2, 0) is 6.42 Å². The highest BCUT2D eigenvalue weighted by molar-refractivity contribution is 5.88. The second-order valence-electron chi connectivity index (χ2n) is 20.6. The van der Waals surface area contributed by atoms with Gasteiger partial charge in [0.1, 0.15) is 0 Å². The van der Waals surface area contributed by atoms with E-state index in [1.165, 1.54) is 56.0 Å². The standard InChI is InChI=1S/C76H62N4/c1-8-24-57(25-9-1)74-56-62-30-22-23-39-73(62)80(74)72-54-52-71(53-55-72)79(66-37-20-7-21-38-66)68-46-42-61(43-47-68)76(59-28-12-3-13-29-59)75(58-26-10-2-11-27-58)60-40-44-67(45-41-60)78(65-35-18-6-19-36-65)70-50-48-69(49-51-70)77(63-31-14-4-15-32-63)64-33-16-5-17-34-64/h1-12,14-22,24-28,30-38,40-42,44-56,61H,13,23,29,39,43H2/b76-75+. The molecule has 0 aliphatic heterocycles. The van der Waals surface area contributed by atoms with Crippen LogP contribution < -0.4 is 14.7 Å². The number of allylic oxidation sites excluding steroid dienone is 9. The van der Waals surface area contributed by atoms with Crippen LogP contribution in [0.5, 0.6) is 0 Å². The molecule has 3 aliphatic carbocycles. The van der Waals surface area contributed by atoms with Gasteiger partial charge in [-0.2, -0.15) is 0 Å². The van der Waals surface area contributed by atoms with Gasteiger partial charge in [-0.05, 0) is 192 Å². The fourth-order valence-electron chi connectivity index (χ4n) is 11.9. The summed E-state index contributed by atoms with van der Waals surface area (Å²) in [4.78, 5) is 7.09. The van der Waals surface area contributed by atoms with Crippen molar-refractivity contribution < 1.29 is 0 Å². The van der Waals surface area contributed by atoms with Crippen LogP contribution in [-0.4, -0.2) is 4.57 Å². The van der Waals surface area contributed by atoms with Crippen LogP contribution in [0.1, 0.15) is 48.1 Å². The van der Waals surface area contributed by atoms with Gasteiger partial charge in [0.15, 0.2) is 0 Å². The van der Waals surface area contributed by atoms with E-state index >= 15 is 0 Å². The zero-order valence-electron chi connectivity index (χ0n) is 44.8. The Balaban J connectivity index is 0.854. The molecule has 3 aliphatic rings. The number of hydrogen-bond donors (Lipinski definition) is 0. The van der Waals surface area contributed by atoms with Crippen molar-refractivity contribution in [3.63, 3.8) is 0 Å². The van der Waals surface area contributed by atoms with Gasteiger partial charge in [-0.3, -0.25) is 0 Å². The Morgan fingerprint density at radius 1 is 0.412 bits per heavy atom. The minimum Gasteiger partial charge on any atom is -0.313 e. The second kappa shape index (κ2) is 23.0. The van der Waals surface area contributed by atoms with Gasteiger partial charge >= 0.3 is 0 Å². The molecule has 0 spiro atoms. The van der Waals surface area contributed by atoms with Gasteiger partial charge in [-0.1, -0.05) is 188 Å². The second-order valence-corrected chi connectivity index (χ2v) is 20.6. The van der Waals surface area contributed by atoms with Crippen LogP contribution in [0.3, 0.4) is 0 Å². The number of fused-ring (bicyclic) bond motifs is 1. The van der Waals surface area contributed by atoms with Crippen LogP contribution in [0.4, 0.5) is 45.5 Å². The minimum absolute atomic E-state index is 0.141. The summed E-state index contributed by atoms with van der Waals surface area (Å²) in [6, 6.07) is 94.3. The Morgan fingerprint density at radius 3 is 1.38 bits per heavy atom. The quantitative estimate of drug-likeness (QED) is 0.102. The number of hydrogen-bond acceptors (Lipinski definition) is 3. The SMILES string of the molecule is C1=CCCC(/C(=C(/c2ccccc2)c2ccc(N(c3ccccc3)c3ccc(N(c4ccccc4)c4ccccc4)cc3)cc2)C2C=CC(N(c3ccccc3)c3ccc(-n4c(-c5ccccc5)cc5c4CCC=C5)cc3)=CC2)=C1. The van der Waals surface area contributed by atoms with Crippen LogP contribution in [0.15, 0.2) is 320 Å². The Hall–Kier alpha value is -9.90. The first-order chi connectivity index (χ1) is 39.7. The predicted octanol–water partition coefficient (Wildman–Crippen LogP) is 20.4. The third kappa shape index (κ3) is 10.2. The van der Waals surface area contributed by atoms with Crippen LogP contribution in [0.25, 0.3) is 28.6 Å². The summed E-state index contributed by atoms with van der Waals surface area (Å²) < 4.78 is 2.47. The highest BCUT2D eigenvalue weighted by Crippen LogP contribution is 2.45. The Bertz CT molecular complexity index is 3870. The van der Waals surface area contributed by atoms with E-state index in [1.54, 1.807) is 0 Å². The summed E-state index contributed by atoms with van der Waals surface area (Å²) in [5.74, 6) is 0.141. The minimum atomic E-state index is 0.141. The number of benzene rings is 9. The van der Waals surface area contributed by atoms with Crippen molar-refractivity contribution >= 4 is 57.1 Å². The molecule has 80 heavy (non-hydrogen) atoms. The predicted molar refractivity (Wildman–Crippen MR) is 337 cm³/mol. The number of para-hydroxylation sites is 4. The van der Waals surface area contributed by atoms with E-state index in [-0.39, 0.29) is 5.92 Å². The van der Waals surface area contributed by atoms with E-state index in [0.29, 0.717) is 0 Å². The van der Waals surface area contributed by atoms with Gasteiger partial charge in [-0.15, -0.1) is 0 Å². The first-order valence-electron chi connectivity index (χ1n) is 28.1. The van der Waals surface area contributed by atoms with Crippen molar-refractivity contribution in [3.8, 4) is 16.9 Å². The molecule has 1 atom stereocenters. The average molecular weight is 1030 g/mol. The van der Waals surface area contributed by atoms with Crippen molar-refractivity contribution in [2.75, 3.05) is 14.7 Å². The molecule has 0 amide bonds. The molecule has 1 unspecified atom stereocenters. The molecule has 0 N–H and O–H groups in total. The lowest BCUT2D eigenvalue weighted by molar-refractivity contribution is 0.750. The molecular formula is C76H62N4. The van der Waals surface area contributed by atoms with E-state index in [2.05, 4.69) is 329 Å². The molecule has 9 aromatic carbocycles. The number of anilines is 8. The fourth-order valence-corrected chi connectivity index (χ4v) is 11.9. The summed E-state index contributed by atoms with van der Waals surface area (Å²) in [5.41, 5.74) is 22.8. The lowest BCUT2D eigenvalue weighted by Gasteiger charge is -2.31. The molecular weight excluding hydrogens is 969 g/mol. The van der Waals surface area contributed by atoms with Gasteiger partial charge in [0.2, 0.25) is 0 Å². The van der Waals surface area contributed by atoms with E-state index in [9.17, 15) is 0 Å². The van der Waals surface area contributed by atoms with Gasteiger partial charge in [-0.25, -0.2) is 0 Å². The molecule has 0 saturated carbocycles. The molecule has 1 heterocycles. The first-order valence-corrected chi connectivity index (χ1v) is 28.1.